The Morgan fingerprint density at radius 2 is 2.06 bits per heavy atom. The minimum Gasteiger partial charge on any atom is -0.391 e. The fraction of sp³-hybridized carbons (Fsp3) is 0.667. The normalized spacial score (nSPS) is 18.6. The monoisotopic (exact) mass is 277 g/mol. The Balaban J connectivity index is 1.99. The minimum absolute atomic E-state index is 0.000963. The molecule has 0 unspecified atom stereocenters. The number of aromatic nitrogens is 1. The zero-order valence-electron chi connectivity index (χ0n) is 9.53. The highest BCUT2D eigenvalue weighted by molar-refractivity contribution is 7.88. The molecule has 1 aromatic rings. The third kappa shape index (κ3) is 2.95. The van der Waals surface area contributed by atoms with Crippen molar-refractivity contribution in [2.75, 3.05) is 37.3 Å². The average molecular weight is 277 g/mol. The van der Waals surface area contributed by atoms with Gasteiger partial charge in [0, 0.05) is 32.4 Å². The van der Waals surface area contributed by atoms with Gasteiger partial charge in [-0.25, -0.2) is 13.4 Å². The first-order chi connectivity index (χ1) is 8.00. The predicted molar refractivity (Wildman–Crippen MR) is 66.7 cm³/mol. The van der Waals surface area contributed by atoms with Gasteiger partial charge in [-0.15, -0.1) is 0 Å². The molecule has 1 saturated heterocycles. The molecule has 1 aromatic heterocycles. The number of aliphatic hydroxyl groups is 1. The number of thiazole rings is 1. The molecule has 2 heterocycles. The lowest BCUT2D eigenvalue weighted by molar-refractivity contribution is 0.285. The molecule has 1 aliphatic rings. The smallest absolute Gasteiger partial charge is 0.211 e. The molecule has 17 heavy (non-hydrogen) atoms. The number of hydrogen-bond donors (Lipinski definition) is 1. The number of rotatable bonds is 3. The van der Waals surface area contributed by atoms with E-state index in [0.717, 1.165) is 10.0 Å². The Kier molecular flexibility index (Phi) is 3.67. The van der Waals surface area contributed by atoms with Crippen LogP contribution in [-0.4, -0.2) is 55.2 Å². The molecule has 8 heteroatoms. The summed E-state index contributed by atoms with van der Waals surface area (Å²) < 4.78 is 24.2. The Labute approximate surface area is 105 Å². The Hall–Kier alpha value is -0.700. The molecule has 0 aliphatic carbocycles. The van der Waals surface area contributed by atoms with Gasteiger partial charge in [-0.2, -0.15) is 4.31 Å². The average Bonchev–Trinajstić information content (AvgIpc) is 2.76. The number of nitrogens with zero attached hydrogens (tertiary/aromatic N) is 3. The lowest BCUT2D eigenvalue weighted by Crippen LogP contribution is -2.48. The highest BCUT2D eigenvalue weighted by atomic mass is 32.2. The van der Waals surface area contributed by atoms with Crippen molar-refractivity contribution in [3.63, 3.8) is 0 Å². The van der Waals surface area contributed by atoms with Crippen molar-refractivity contribution in [3.05, 3.63) is 11.1 Å². The minimum atomic E-state index is -3.08. The van der Waals surface area contributed by atoms with Crippen molar-refractivity contribution in [2.24, 2.45) is 0 Å². The quantitative estimate of drug-likeness (QED) is 0.822. The first kappa shape index (κ1) is 12.7. The summed E-state index contributed by atoms with van der Waals surface area (Å²) in [6, 6.07) is 0. The predicted octanol–water partition coefficient (Wildman–Crippen LogP) is -0.283. The van der Waals surface area contributed by atoms with Crippen molar-refractivity contribution >= 4 is 26.5 Å². The second kappa shape index (κ2) is 4.89. The van der Waals surface area contributed by atoms with Crippen LogP contribution in [0, 0.1) is 0 Å². The summed E-state index contributed by atoms with van der Waals surface area (Å²) in [5, 5.41) is 9.81. The highest BCUT2D eigenvalue weighted by Gasteiger charge is 2.24. The van der Waals surface area contributed by atoms with Gasteiger partial charge in [-0.3, -0.25) is 0 Å². The van der Waals surface area contributed by atoms with Crippen LogP contribution < -0.4 is 4.90 Å². The molecule has 0 saturated carbocycles. The molecule has 0 bridgehead atoms. The molecule has 96 valence electrons. The van der Waals surface area contributed by atoms with Gasteiger partial charge in [0.25, 0.3) is 0 Å². The first-order valence-electron chi connectivity index (χ1n) is 5.26. The van der Waals surface area contributed by atoms with E-state index in [2.05, 4.69) is 4.98 Å². The number of sulfonamides is 1. The Morgan fingerprint density at radius 3 is 2.53 bits per heavy atom. The molecule has 0 amide bonds. The summed E-state index contributed by atoms with van der Waals surface area (Å²) in [5.74, 6) is 0. The zero-order chi connectivity index (χ0) is 12.5. The van der Waals surface area contributed by atoms with Crippen LogP contribution in [0.3, 0.4) is 0 Å². The Bertz CT molecular complexity index is 477. The molecule has 0 spiro atoms. The van der Waals surface area contributed by atoms with Crippen molar-refractivity contribution in [3.8, 4) is 0 Å². The topological polar surface area (TPSA) is 73.7 Å². The maximum absolute atomic E-state index is 11.3. The van der Waals surface area contributed by atoms with E-state index in [1.54, 1.807) is 6.20 Å². The van der Waals surface area contributed by atoms with Crippen molar-refractivity contribution < 1.29 is 13.5 Å². The number of piperazine rings is 1. The molecule has 0 atom stereocenters. The van der Waals surface area contributed by atoms with Crippen LogP contribution in [0.25, 0.3) is 0 Å². The molecule has 6 nitrogen and oxygen atoms in total. The zero-order valence-corrected chi connectivity index (χ0v) is 11.2. The maximum Gasteiger partial charge on any atom is 0.211 e. The fourth-order valence-electron chi connectivity index (χ4n) is 1.73. The number of anilines is 1. The van der Waals surface area contributed by atoms with E-state index in [1.165, 1.54) is 21.9 Å². The summed E-state index contributed by atoms with van der Waals surface area (Å²) in [6.45, 7) is 2.28. The van der Waals surface area contributed by atoms with Crippen LogP contribution in [-0.2, 0) is 16.6 Å². The summed E-state index contributed by atoms with van der Waals surface area (Å²) in [7, 11) is -3.08. The number of hydrogen-bond acceptors (Lipinski definition) is 6. The van der Waals surface area contributed by atoms with Gasteiger partial charge in [0.05, 0.1) is 17.7 Å². The lowest BCUT2D eigenvalue weighted by atomic mass is 10.4. The van der Waals surface area contributed by atoms with E-state index < -0.39 is 10.0 Å². The molecule has 1 N–H and O–H groups in total. The first-order valence-corrected chi connectivity index (χ1v) is 7.93. The van der Waals surface area contributed by atoms with Crippen molar-refractivity contribution in [1.29, 1.82) is 0 Å². The van der Waals surface area contributed by atoms with Gasteiger partial charge in [0.1, 0.15) is 0 Å². The molecular weight excluding hydrogens is 262 g/mol. The third-order valence-corrected chi connectivity index (χ3v) is 5.02. The summed E-state index contributed by atoms with van der Waals surface area (Å²) >= 11 is 1.44. The van der Waals surface area contributed by atoms with Gasteiger partial charge in [0.2, 0.25) is 10.0 Å². The van der Waals surface area contributed by atoms with Crippen LogP contribution >= 0.6 is 11.3 Å². The number of aliphatic hydroxyl groups excluding tert-OH is 1. The van der Waals surface area contributed by atoms with E-state index in [1.807, 2.05) is 4.90 Å². The molecule has 1 aliphatic heterocycles. The molecule has 0 radical (unpaired) electrons. The van der Waals surface area contributed by atoms with Crippen LogP contribution in [0.2, 0.25) is 0 Å². The largest absolute Gasteiger partial charge is 0.391 e. The molecular formula is C9H15N3O3S2. The van der Waals surface area contributed by atoms with Crippen LogP contribution in [0.15, 0.2) is 6.20 Å². The van der Waals surface area contributed by atoms with Crippen LogP contribution in [0.5, 0.6) is 0 Å². The summed E-state index contributed by atoms with van der Waals surface area (Å²) in [5.41, 5.74) is 0. The van der Waals surface area contributed by atoms with Crippen molar-refractivity contribution in [2.45, 2.75) is 6.61 Å². The van der Waals surface area contributed by atoms with Gasteiger partial charge in [-0.1, -0.05) is 11.3 Å². The van der Waals surface area contributed by atoms with Crippen LogP contribution in [0.4, 0.5) is 5.13 Å². The molecule has 1 fully saturated rings. The van der Waals surface area contributed by atoms with Gasteiger partial charge < -0.3 is 10.0 Å². The van der Waals surface area contributed by atoms with Gasteiger partial charge in [0.15, 0.2) is 5.13 Å². The van der Waals surface area contributed by atoms with E-state index in [9.17, 15) is 8.42 Å². The standard InChI is InChI=1S/C9H15N3O3S2/c1-17(14,15)12-4-2-11(3-5-12)9-10-6-8(7-13)16-9/h6,13H,2-5,7H2,1H3. The van der Waals surface area contributed by atoms with E-state index in [0.29, 0.717) is 26.2 Å². The van der Waals surface area contributed by atoms with Crippen LogP contribution in [0.1, 0.15) is 4.88 Å². The summed E-state index contributed by atoms with van der Waals surface area (Å²) in [6.07, 6.45) is 2.89. The highest BCUT2D eigenvalue weighted by Crippen LogP contribution is 2.23. The van der Waals surface area contributed by atoms with E-state index in [-0.39, 0.29) is 6.61 Å². The summed E-state index contributed by atoms with van der Waals surface area (Å²) in [4.78, 5) is 7.09. The van der Waals surface area contributed by atoms with E-state index >= 15 is 0 Å². The Morgan fingerprint density at radius 1 is 1.41 bits per heavy atom. The molecule has 2 rings (SSSR count). The second-order valence-corrected chi connectivity index (χ2v) is 6.99. The van der Waals surface area contributed by atoms with Gasteiger partial charge >= 0.3 is 0 Å². The van der Waals surface area contributed by atoms with Crippen molar-refractivity contribution in [1.82, 2.24) is 9.29 Å². The van der Waals surface area contributed by atoms with E-state index in [4.69, 9.17) is 5.11 Å². The fourth-order valence-corrected chi connectivity index (χ4v) is 3.38. The van der Waals surface area contributed by atoms with Gasteiger partial charge in [-0.05, 0) is 0 Å². The SMILES string of the molecule is CS(=O)(=O)N1CCN(c2ncc(CO)s2)CC1. The second-order valence-electron chi connectivity index (χ2n) is 3.92. The molecule has 0 aromatic carbocycles. The maximum atomic E-state index is 11.3. The lowest BCUT2D eigenvalue weighted by Gasteiger charge is -2.32. The third-order valence-electron chi connectivity index (χ3n) is 2.68.